The highest BCUT2D eigenvalue weighted by Gasteiger charge is 2.50. The van der Waals surface area contributed by atoms with Gasteiger partial charge in [-0.25, -0.2) is 4.79 Å². The fourth-order valence-corrected chi connectivity index (χ4v) is 2.55. The van der Waals surface area contributed by atoms with Crippen LogP contribution >= 0.6 is 0 Å². The number of carbonyl (C=O) groups is 1. The van der Waals surface area contributed by atoms with E-state index in [1.54, 1.807) is 0 Å². The summed E-state index contributed by atoms with van der Waals surface area (Å²) in [7, 11) is 0. The smallest absolute Gasteiger partial charge is 0.328 e. The minimum atomic E-state index is -0.846. The van der Waals surface area contributed by atoms with Gasteiger partial charge in [0, 0.05) is 12.0 Å². The Morgan fingerprint density at radius 1 is 1.62 bits per heavy atom. The minimum absolute atomic E-state index is 0.228. The predicted molar refractivity (Wildman–Crippen MR) is 45.7 cm³/mol. The number of aliphatic carboxylic acids is 1. The zero-order chi connectivity index (χ0) is 9.47. The second-order valence-electron chi connectivity index (χ2n) is 4.23. The van der Waals surface area contributed by atoms with Crippen LogP contribution in [0.1, 0.15) is 25.7 Å². The van der Waals surface area contributed by atoms with Gasteiger partial charge in [-0.05, 0) is 31.1 Å². The number of carboxylic acid groups (broad SMARTS) is 1. The van der Waals surface area contributed by atoms with Crippen molar-refractivity contribution in [3.8, 4) is 6.07 Å². The van der Waals surface area contributed by atoms with Gasteiger partial charge < -0.3 is 5.11 Å². The summed E-state index contributed by atoms with van der Waals surface area (Å²) in [5.41, 5.74) is 1.35. The second kappa shape index (κ2) is 2.59. The van der Waals surface area contributed by atoms with Crippen molar-refractivity contribution in [1.29, 1.82) is 5.26 Å². The van der Waals surface area contributed by atoms with Crippen molar-refractivity contribution in [2.75, 3.05) is 0 Å². The first-order chi connectivity index (χ1) is 6.13. The van der Waals surface area contributed by atoms with Crippen LogP contribution in [0.2, 0.25) is 0 Å². The number of hydrogen-bond donors (Lipinski definition) is 1. The molecule has 0 amide bonds. The molecule has 3 heteroatoms. The lowest BCUT2D eigenvalue weighted by Crippen LogP contribution is -2.43. The molecule has 3 nitrogen and oxygen atoms in total. The summed E-state index contributed by atoms with van der Waals surface area (Å²) in [6.07, 6.45) is 5.06. The molecule has 2 aliphatic carbocycles. The van der Waals surface area contributed by atoms with E-state index in [-0.39, 0.29) is 5.92 Å². The summed E-state index contributed by atoms with van der Waals surface area (Å²) >= 11 is 0. The highest BCUT2D eigenvalue weighted by Crippen LogP contribution is 2.60. The van der Waals surface area contributed by atoms with E-state index < -0.39 is 5.97 Å². The Labute approximate surface area is 76.7 Å². The van der Waals surface area contributed by atoms with Crippen molar-refractivity contribution in [3.63, 3.8) is 0 Å². The third kappa shape index (κ3) is 1.33. The molecule has 0 aliphatic heterocycles. The van der Waals surface area contributed by atoms with Crippen LogP contribution < -0.4 is 0 Å². The maximum Gasteiger partial charge on any atom is 0.328 e. The number of carboxylic acids is 1. The van der Waals surface area contributed by atoms with E-state index in [1.807, 2.05) is 0 Å². The van der Waals surface area contributed by atoms with E-state index in [2.05, 4.69) is 6.07 Å². The van der Waals surface area contributed by atoms with Gasteiger partial charge in [-0.1, -0.05) is 5.57 Å². The van der Waals surface area contributed by atoms with Crippen molar-refractivity contribution in [1.82, 2.24) is 0 Å². The van der Waals surface area contributed by atoms with Crippen LogP contribution in [0.4, 0.5) is 0 Å². The third-order valence-electron chi connectivity index (χ3n) is 3.07. The standard InChI is InChI=1S/C10H11NO2/c11-6-8-4-10(5-8)2-7(3-10)1-9(12)13/h1,8H,2-5H2,(H,12,13). The Morgan fingerprint density at radius 2 is 2.23 bits per heavy atom. The van der Waals surface area contributed by atoms with E-state index >= 15 is 0 Å². The van der Waals surface area contributed by atoms with Crippen molar-refractivity contribution < 1.29 is 9.90 Å². The van der Waals surface area contributed by atoms with Gasteiger partial charge in [0.05, 0.1) is 6.07 Å². The van der Waals surface area contributed by atoms with E-state index in [9.17, 15) is 4.79 Å². The van der Waals surface area contributed by atoms with Gasteiger partial charge in [0.25, 0.3) is 0 Å². The molecule has 0 aromatic rings. The van der Waals surface area contributed by atoms with Crippen molar-refractivity contribution in [2.24, 2.45) is 11.3 Å². The molecule has 0 aromatic carbocycles. The van der Waals surface area contributed by atoms with Crippen LogP contribution in [0.25, 0.3) is 0 Å². The number of nitrogens with zero attached hydrogens (tertiary/aromatic N) is 1. The fraction of sp³-hybridized carbons (Fsp3) is 0.600. The lowest BCUT2D eigenvalue weighted by Gasteiger charge is -2.53. The Bertz CT molecular complexity index is 308. The molecule has 1 spiro atoms. The lowest BCUT2D eigenvalue weighted by atomic mass is 9.50. The van der Waals surface area contributed by atoms with Crippen LogP contribution in [0, 0.1) is 22.7 Å². The van der Waals surface area contributed by atoms with Gasteiger partial charge in [0.1, 0.15) is 0 Å². The Morgan fingerprint density at radius 3 is 2.69 bits per heavy atom. The van der Waals surface area contributed by atoms with E-state index in [1.165, 1.54) is 6.08 Å². The van der Waals surface area contributed by atoms with Crippen molar-refractivity contribution in [3.05, 3.63) is 11.6 Å². The average molecular weight is 177 g/mol. The molecule has 0 atom stereocenters. The highest BCUT2D eigenvalue weighted by molar-refractivity contribution is 5.81. The fourth-order valence-electron chi connectivity index (χ4n) is 2.55. The third-order valence-corrected chi connectivity index (χ3v) is 3.07. The Hall–Kier alpha value is -1.30. The number of allylic oxidation sites excluding steroid dienone is 1. The molecule has 0 unspecified atom stereocenters. The number of rotatable bonds is 1. The minimum Gasteiger partial charge on any atom is -0.478 e. The van der Waals surface area contributed by atoms with Gasteiger partial charge in [-0.15, -0.1) is 0 Å². The first-order valence-corrected chi connectivity index (χ1v) is 4.46. The molecule has 2 aliphatic rings. The lowest BCUT2D eigenvalue weighted by molar-refractivity contribution is -0.131. The second-order valence-corrected chi connectivity index (χ2v) is 4.23. The molecule has 13 heavy (non-hydrogen) atoms. The summed E-state index contributed by atoms with van der Waals surface area (Å²) in [6.45, 7) is 0. The summed E-state index contributed by atoms with van der Waals surface area (Å²) in [5, 5.41) is 17.1. The van der Waals surface area contributed by atoms with Gasteiger partial charge >= 0.3 is 5.97 Å². The van der Waals surface area contributed by atoms with Gasteiger partial charge in [-0.3, -0.25) is 0 Å². The first kappa shape index (κ1) is 8.31. The molecule has 2 rings (SSSR count). The molecule has 68 valence electrons. The monoisotopic (exact) mass is 177 g/mol. The van der Waals surface area contributed by atoms with Crippen LogP contribution in [0.3, 0.4) is 0 Å². The molecule has 1 N–H and O–H groups in total. The van der Waals surface area contributed by atoms with E-state index in [4.69, 9.17) is 10.4 Å². The largest absolute Gasteiger partial charge is 0.478 e. The molecule has 0 saturated heterocycles. The summed E-state index contributed by atoms with van der Waals surface area (Å²) in [6, 6.07) is 2.24. The van der Waals surface area contributed by atoms with Crippen LogP contribution in [0.15, 0.2) is 11.6 Å². The summed E-state index contributed by atoms with van der Waals surface area (Å²) < 4.78 is 0. The summed E-state index contributed by atoms with van der Waals surface area (Å²) in [5.74, 6) is -0.618. The topological polar surface area (TPSA) is 61.1 Å². The van der Waals surface area contributed by atoms with Crippen LogP contribution in [-0.2, 0) is 4.79 Å². The molecule has 0 aromatic heterocycles. The first-order valence-electron chi connectivity index (χ1n) is 4.46. The molecular formula is C10H11NO2. The zero-order valence-electron chi connectivity index (χ0n) is 7.29. The van der Waals surface area contributed by atoms with Crippen molar-refractivity contribution in [2.45, 2.75) is 25.7 Å². The highest BCUT2D eigenvalue weighted by atomic mass is 16.4. The van der Waals surface area contributed by atoms with Crippen LogP contribution in [-0.4, -0.2) is 11.1 Å². The number of nitriles is 1. The van der Waals surface area contributed by atoms with E-state index in [0.29, 0.717) is 5.41 Å². The molecule has 2 saturated carbocycles. The quantitative estimate of drug-likeness (QED) is 0.620. The van der Waals surface area contributed by atoms with Gasteiger partial charge in [0.15, 0.2) is 0 Å². The molecule has 0 heterocycles. The average Bonchev–Trinajstić information content (AvgIpc) is 1.90. The maximum atomic E-state index is 10.3. The maximum absolute atomic E-state index is 10.3. The molecule has 2 fully saturated rings. The normalized spacial score (nSPS) is 35.9. The Kier molecular flexibility index (Phi) is 1.66. The molecule has 0 radical (unpaired) electrons. The summed E-state index contributed by atoms with van der Waals surface area (Å²) in [4.78, 5) is 10.3. The van der Waals surface area contributed by atoms with E-state index in [0.717, 1.165) is 31.3 Å². The predicted octanol–water partition coefficient (Wildman–Crippen LogP) is 1.71. The van der Waals surface area contributed by atoms with Crippen molar-refractivity contribution >= 4 is 5.97 Å². The molecule has 0 bridgehead atoms. The van der Waals surface area contributed by atoms with Gasteiger partial charge in [-0.2, -0.15) is 5.26 Å². The Balaban J connectivity index is 1.87. The van der Waals surface area contributed by atoms with Crippen LogP contribution in [0.5, 0.6) is 0 Å². The zero-order valence-corrected chi connectivity index (χ0v) is 7.29. The molecular weight excluding hydrogens is 166 g/mol. The van der Waals surface area contributed by atoms with Gasteiger partial charge in [0.2, 0.25) is 0 Å². The number of hydrogen-bond acceptors (Lipinski definition) is 2. The SMILES string of the molecule is N#CC1CC2(CC(=CC(=O)O)C2)C1.